The summed E-state index contributed by atoms with van der Waals surface area (Å²) >= 11 is 1.46. The lowest BCUT2D eigenvalue weighted by Crippen LogP contribution is -2.28. The van der Waals surface area contributed by atoms with Crippen LogP contribution in [0.1, 0.15) is 5.56 Å². The van der Waals surface area contributed by atoms with Crippen LogP contribution in [0.25, 0.3) is 10.1 Å². The van der Waals surface area contributed by atoms with Crippen molar-refractivity contribution in [2.45, 2.75) is 6.61 Å². The highest BCUT2D eigenvalue weighted by Gasteiger charge is 2.05. The van der Waals surface area contributed by atoms with E-state index in [9.17, 15) is 9.90 Å². The third kappa shape index (κ3) is 3.14. The van der Waals surface area contributed by atoms with Gasteiger partial charge in [0.15, 0.2) is 0 Å². The second kappa shape index (κ2) is 5.85. The van der Waals surface area contributed by atoms with Crippen LogP contribution in [0.4, 0.5) is 10.5 Å². The predicted octanol–water partition coefficient (Wildman–Crippen LogP) is 3.24. The van der Waals surface area contributed by atoms with E-state index in [4.69, 9.17) is 4.74 Å². The maximum atomic E-state index is 10.6. The molecule has 0 radical (unpaired) electrons. The minimum atomic E-state index is -1.31. The Morgan fingerprint density at radius 2 is 2.00 bits per heavy atom. The number of rotatable bonds is 4. The van der Waals surface area contributed by atoms with Crippen molar-refractivity contribution in [2.24, 2.45) is 0 Å². The largest absolute Gasteiger partial charge is 0.530 e. The third-order valence-electron chi connectivity index (χ3n) is 3.03. The molecule has 0 fully saturated rings. The zero-order valence-electron chi connectivity index (χ0n) is 11.0. The van der Waals surface area contributed by atoms with Gasteiger partial charge in [-0.25, -0.2) is 0 Å². The zero-order chi connectivity index (χ0) is 14.7. The third-order valence-corrected chi connectivity index (χ3v) is 3.98. The molecular formula is C16H12NO3S-. The topological polar surface area (TPSA) is 61.4 Å². The van der Waals surface area contributed by atoms with E-state index in [1.807, 2.05) is 48.5 Å². The van der Waals surface area contributed by atoms with Gasteiger partial charge in [-0.05, 0) is 23.8 Å². The summed E-state index contributed by atoms with van der Waals surface area (Å²) in [6.45, 7) is 0.502. The van der Waals surface area contributed by atoms with E-state index in [1.54, 1.807) is 5.38 Å². The number of ether oxygens (including phenoxy) is 1. The smallest absolute Gasteiger partial charge is 0.138 e. The second-order valence-electron chi connectivity index (χ2n) is 4.49. The molecule has 0 saturated heterocycles. The Hall–Kier alpha value is -2.53. The molecular weight excluding hydrogens is 286 g/mol. The van der Waals surface area contributed by atoms with Crippen LogP contribution < -0.4 is 15.2 Å². The van der Waals surface area contributed by atoms with E-state index in [2.05, 4.69) is 5.32 Å². The van der Waals surface area contributed by atoms with Crippen molar-refractivity contribution in [3.8, 4) is 5.75 Å². The summed E-state index contributed by atoms with van der Waals surface area (Å²) < 4.78 is 6.71. The monoisotopic (exact) mass is 298 g/mol. The average Bonchev–Trinajstić information content (AvgIpc) is 2.88. The molecule has 3 aromatic rings. The van der Waals surface area contributed by atoms with E-state index in [1.165, 1.54) is 11.3 Å². The SMILES string of the molecule is O=C([O-])Nc1csc2cc(OCc3ccccc3)ccc12. The first-order valence-electron chi connectivity index (χ1n) is 6.38. The second-order valence-corrected chi connectivity index (χ2v) is 5.41. The van der Waals surface area contributed by atoms with Crippen LogP contribution >= 0.6 is 11.3 Å². The number of fused-ring (bicyclic) bond motifs is 1. The first-order valence-corrected chi connectivity index (χ1v) is 7.26. The van der Waals surface area contributed by atoms with Gasteiger partial charge < -0.3 is 20.0 Å². The Balaban J connectivity index is 1.77. The molecule has 0 atom stereocenters. The molecule has 2 aromatic carbocycles. The Morgan fingerprint density at radius 1 is 1.19 bits per heavy atom. The molecule has 1 aromatic heterocycles. The number of carbonyl (C=O) groups is 1. The number of thiophene rings is 1. The van der Waals surface area contributed by atoms with Crippen LogP contribution in [-0.2, 0) is 6.61 Å². The first-order chi connectivity index (χ1) is 10.2. The van der Waals surface area contributed by atoms with Gasteiger partial charge in [-0.15, -0.1) is 11.3 Å². The normalized spacial score (nSPS) is 10.5. The fourth-order valence-electron chi connectivity index (χ4n) is 2.05. The number of anilines is 1. The lowest BCUT2D eigenvalue weighted by molar-refractivity contribution is -0.242. The Labute approximate surface area is 125 Å². The van der Waals surface area contributed by atoms with Gasteiger partial charge in [-0.1, -0.05) is 30.3 Å². The van der Waals surface area contributed by atoms with Crippen molar-refractivity contribution in [3.05, 3.63) is 59.5 Å². The number of hydrogen-bond donors (Lipinski definition) is 1. The molecule has 0 unspecified atom stereocenters. The molecule has 1 amide bonds. The zero-order valence-corrected chi connectivity index (χ0v) is 11.9. The van der Waals surface area contributed by atoms with E-state index in [0.29, 0.717) is 12.3 Å². The van der Waals surface area contributed by atoms with Crippen LogP contribution in [0.5, 0.6) is 5.75 Å². The molecule has 0 aliphatic heterocycles. The maximum absolute atomic E-state index is 10.6. The number of carboxylic acid groups (broad SMARTS) is 1. The van der Waals surface area contributed by atoms with Crippen LogP contribution in [-0.4, -0.2) is 6.09 Å². The summed E-state index contributed by atoms with van der Waals surface area (Å²) in [5, 5.41) is 15.5. The first kappa shape index (κ1) is 13.5. The molecule has 0 aliphatic carbocycles. The molecule has 0 aliphatic rings. The summed E-state index contributed by atoms with van der Waals surface area (Å²) in [6, 6.07) is 15.5. The minimum Gasteiger partial charge on any atom is -0.530 e. The molecule has 4 nitrogen and oxygen atoms in total. The van der Waals surface area contributed by atoms with Crippen molar-refractivity contribution in [1.29, 1.82) is 0 Å². The van der Waals surface area contributed by atoms with Gasteiger partial charge in [-0.3, -0.25) is 0 Å². The Kier molecular flexibility index (Phi) is 3.75. The van der Waals surface area contributed by atoms with Crippen LogP contribution in [0.3, 0.4) is 0 Å². The summed E-state index contributed by atoms with van der Waals surface area (Å²) in [5.41, 5.74) is 1.65. The molecule has 3 rings (SSSR count). The van der Waals surface area contributed by atoms with Crippen LogP contribution in [0.15, 0.2) is 53.9 Å². The van der Waals surface area contributed by atoms with Crippen LogP contribution in [0.2, 0.25) is 0 Å². The molecule has 0 saturated carbocycles. The highest BCUT2D eigenvalue weighted by Crippen LogP contribution is 2.33. The van der Waals surface area contributed by atoms with Crippen LogP contribution in [0, 0.1) is 0 Å². The van der Waals surface area contributed by atoms with Crippen molar-refractivity contribution in [1.82, 2.24) is 0 Å². The van der Waals surface area contributed by atoms with Gasteiger partial charge in [-0.2, -0.15) is 0 Å². The number of benzene rings is 2. The molecule has 1 N–H and O–H groups in total. The van der Waals surface area contributed by atoms with Gasteiger partial charge in [0.25, 0.3) is 0 Å². The highest BCUT2D eigenvalue weighted by molar-refractivity contribution is 7.17. The summed E-state index contributed by atoms with van der Waals surface area (Å²) in [4.78, 5) is 10.6. The van der Waals surface area contributed by atoms with E-state index >= 15 is 0 Å². The molecule has 0 bridgehead atoms. The number of amides is 1. The fraction of sp³-hybridized carbons (Fsp3) is 0.0625. The molecule has 5 heteroatoms. The molecule has 1 heterocycles. The maximum Gasteiger partial charge on any atom is 0.138 e. The fourth-order valence-corrected chi connectivity index (χ4v) is 2.97. The minimum absolute atomic E-state index is 0.502. The van der Waals surface area contributed by atoms with Gasteiger partial charge >= 0.3 is 0 Å². The lowest BCUT2D eigenvalue weighted by Gasteiger charge is -2.07. The average molecular weight is 298 g/mol. The van der Waals surface area contributed by atoms with Gasteiger partial charge in [0.05, 0.1) is 5.69 Å². The standard InChI is InChI=1S/C16H13NO3S/c18-16(19)17-14-10-21-15-8-12(6-7-13(14)15)20-9-11-4-2-1-3-5-11/h1-8,10,17H,9H2,(H,18,19)/p-1. The van der Waals surface area contributed by atoms with E-state index in [0.717, 1.165) is 21.4 Å². The molecule has 21 heavy (non-hydrogen) atoms. The van der Waals surface area contributed by atoms with Crippen molar-refractivity contribution < 1.29 is 14.6 Å². The summed E-state index contributed by atoms with van der Waals surface area (Å²) in [7, 11) is 0. The van der Waals surface area contributed by atoms with Crippen molar-refractivity contribution >= 4 is 33.2 Å². The number of nitrogens with one attached hydrogen (secondary N) is 1. The van der Waals surface area contributed by atoms with E-state index in [-0.39, 0.29) is 0 Å². The molecule has 0 spiro atoms. The highest BCUT2D eigenvalue weighted by atomic mass is 32.1. The van der Waals surface area contributed by atoms with Crippen molar-refractivity contribution in [3.63, 3.8) is 0 Å². The Bertz CT molecular complexity index is 768. The number of carbonyl (C=O) groups excluding carboxylic acids is 1. The van der Waals surface area contributed by atoms with Gasteiger partial charge in [0.2, 0.25) is 0 Å². The van der Waals surface area contributed by atoms with Gasteiger partial charge in [0.1, 0.15) is 18.4 Å². The Morgan fingerprint density at radius 3 is 2.76 bits per heavy atom. The molecule has 106 valence electrons. The quantitative estimate of drug-likeness (QED) is 0.804. The number of hydrogen-bond acceptors (Lipinski definition) is 4. The van der Waals surface area contributed by atoms with Crippen molar-refractivity contribution in [2.75, 3.05) is 5.32 Å². The van der Waals surface area contributed by atoms with Gasteiger partial charge in [0, 0.05) is 15.5 Å². The lowest BCUT2D eigenvalue weighted by atomic mass is 10.2. The summed E-state index contributed by atoms with van der Waals surface area (Å²) in [6.07, 6.45) is -1.31. The predicted molar refractivity (Wildman–Crippen MR) is 81.6 cm³/mol. The van der Waals surface area contributed by atoms with E-state index < -0.39 is 6.09 Å². The summed E-state index contributed by atoms with van der Waals surface area (Å²) in [5.74, 6) is 0.758.